The molecule has 2 aromatic rings. The summed E-state index contributed by atoms with van der Waals surface area (Å²) in [5.74, 6) is -0.0697. The van der Waals surface area contributed by atoms with E-state index in [1.54, 1.807) is 11.3 Å². The van der Waals surface area contributed by atoms with E-state index in [0.717, 1.165) is 22.6 Å². The number of thiophene rings is 1. The first kappa shape index (κ1) is 15.0. The Labute approximate surface area is 135 Å². The van der Waals surface area contributed by atoms with Gasteiger partial charge in [0.15, 0.2) is 0 Å². The molecule has 3 rings (SSSR count). The molecule has 1 aliphatic carbocycles. The molecule has 0 aliphatic heterocycles. The second-order valence-corrected chi connectivity index (χ2v) is 6.71. The molecule has 0 bridgehead atoms. The molecule has 0 radical (unpaired) electrons. The second kappa shape index (κ2) is 6.88. The van der Waals surface area contributed by atoms with Crippen LogP contribution in [0, 0.1) is 0 Å². The van der Waals surface area contributed by atoms with Gasteiger partial charge < -0.3 is 0 Å². The van der Waals surface area contributed by atoms with Gasteiger partial charge in [-0.05, 0) is 66.8 Å². The summed E-state index contributed by atoms with van der Waals surface area (Å²) in [7, 11) is 0. The highest BCUT2D eigenvalue weighted by Crippen LogP contribution is 2.22. The maximum Gasteiger partial charge on any atom is 0.245 e. The van der Waals surface area contributed by atoms with Gasteiger partial charge in [-0.2, -0.15) is 5.10 Å². The van der Waals surface area contributed by atoms with Gasteiger partial charge in [0.1, 0.15) is 0 Å². The number of fused-ring (bicyclic) bond motifs is 1. The molecule has 0 saturated carbocycles. The molecule has 1 aliphatic rings. The molecule has 114 valence electrons. The van der Waals surface area contributed by atoms with Crippen LogP contribution in [0.2, 0.25) is 0 Å². The number of amides is 1. The van der Waals surface area contributed by atoms with Crippen LogP contribution in [0.15, 0.2) is 40.8 Å². The van der Waals surface area contributed by atoms with E-state index in [9.17, 15) is 4.79 Å². The average molecular weight is 312 g/mol. The van der Waals surface area contributed by atoms with Crippen LogP contribution in [0.25, 0.3) is 0 Å². The molecule has 22 heavy (non-hydrogen) atoms. The molecular formula is C18H20N2OS. The Morgan fingerprint density at radius 1 is 1.23 bits per heavy atom. The third-order valence-electron chi connectivity index (χ3n) is 4.03. The third kappa shape index (κ3) is 3.63. The zero-order valence-electron chi connectivity index (χ0n) is 12.8. The van der Waals surface area contributed by atoms with Crippen LogP contribution in [0.4, 0.5) is 0 Å². The molecule has 1 aromatic carbocycles. The van der Waals surface area contributed by atoms with Crippen molar-refractivity contribution in [1.82, 2.24) is 5.43 Å². The van der Waals surface area contributed by atoms with E-state index in [2.05, 4.69) is 28.7 Å². The Balaban J connectivity index is 1.65. The first-order valence-electron chi connectivity index (χ1n) is 7.70. The number of aryl methyl sites for hydroxylation is 2. The third-order valence-corrected chi connectivity index (χ3v) is 4.91. The summed E-state index contributed by atoms with van der Waals surface area (Å²) in [6.45, 7) is 1.94. The molecule has 1 N–H and O–H groups in total. The fourth-order valence-electron chi connectivity index (χ4n) is 2.78. The van der Waals surface area contributed by atoms with Crippen molar-refractivity contribution in [2.24, 2.45) is 5.10 Å². The fraction of sp³-hybridized carbons (Fsp3) is 0.333. The lowest BCUT2D eigenvalue weighted by atomic mass is 9.90. The highest BCUT2D eigenvalue weighted by Gasteiger charge is 2.10. The lowest BCUT2D eigenvalue weighted by Gasteiger charge is -2.16. The number of rotatable bonds is 4. The molecule has 3 nitrogen and oxygen atoms in total. The molecule has 0 spiro atoms. The second-order valence-electron chi connectivity index (χ2n) is 5.68. The van der Waals surface area contributed by atoms with Crippen molar-refractivity contribution >= 4 is 23.0 Å². The molecule has 0 unspecified atom stereocenters. The molecule has 0 saturated heterocycles. The summed E-state index contributed by atoms with van der Waals surface area (Å²) in [5, 5.41) is 6.22. The summed E-state index contributed by atoms with van der Waals surface area (Å²) < 4.78 is 0. The van der Waals surface area contributed by atoms with Crippen molar-refractivity contribution < 1.29 is 4.79 Å². The first-order chi connectivity index (χ1) is 10.7. The van der Waals surface area contributed by atoms with Crippen LogP contribution in [-0.4, -0.2) is 11.6 Å². The first-order valence-corrected chi connectivity index (χ1v) is 8.58. The Hall–Kier alpha value is -1.94. The summed E-state index contributed by atoms with van der Waals surface area (Å²) in [4.78, 5) is 12.9. The van der Waals surface area contributed by atoms with Crippen molar-refractivity contribution in [3.63, 3.8) is 0 Å². The maximum atomic E-state index is 11.9. The van der Waals surface area contributed by atoms with Crippen molar-refractivity contribution in [2.45, 2.75) is 39.0 Å². The zero-order chi connectivity index (χ0) is 15.4. The fourth-order valence-corrected chi connectivity index (χ4v) is 3.48. The van der Waals surface area contributed by atoms with Crippen molar-refractivity contribution in [3.8, 4) is 0 Å². The van der Waals surface area contributed by atoms with Crippen LogP contribution >= 0.6 is 11.3 Å². The van der Waals surface area contributed by atoms with Crippen molar-refractivity contribution in [1.29, 1.82) is 0 Å². The highest BCUT2D eigenvalue weighted by molar-refractivity contribution is 7.10. The van der Waals surface area contributed by atoms with Gasteiger partial charge in [0.25, 0.3) is 0 Å². The number of benzene rings is 1. The van der Waals surface area contributed by atoms with E-state index in [4.69, 9.17) is 0 Å². The van der Waals surface area contributed by atoms with Gasteiger partial charge in [0, 0.05) is 4.88 Å². The summed E-state index contributed by atoms with van der Waals surface area (Å²) >= 11 is 1.59. The largest absolute Gasteiger partial charge is 0.273 e. The average Bonchev–Trinajstić information content (AvgIpc) is 3.05. The molecule has 1 heterocycles. The Morgan fingerprint density at radius 2 is 2.05 bits per heavy atom. The van der Waals surface area contributed by atoms with Crippen molar-refractivity contribution in [2.75, 3.05) is 0 Å². The summed E-state index contributed by atoms with van der Waals surface area (Å²) in [5.41, 5.74) is 7.50. The van der Waals surface area contributed by atoms with Crippen molar-refractivity contribution in [3.05, 3.63) is 57.3 Å². The van der Waals surface area contributed by atoms with Gasteiger partial charge in [-0.25, -0.2) is 5.43 Å². The maximum absolute atomic E-state index is 11.9. The SMILES string of the molecule is C/C(=N\NC(=O)Cc1cccs1)c1ccc2c(c1)CCCC2. The van der Waals surface area contributed by atoms with Crippen LogP contribution in [0.3, 0.4) is 0 Å². The number of nitrogens with zero attached hydrogens (tertiary/aromatic N) is 1. The standard InChI is InChI=1S/C18H20N2OS/c1-13(19-20-18(21)12-17-7-4-10-22-17)15-9-8-14-5-2-3-6-16(14)11-15/h4,7-11H,2-3,5-6,12H2,1H3,(H,20,21)/b19-13+. The normalized spacial score (nSPS) is 14.5. The number of hydrogen-bond donors (Lipinski definition) is 1. The number of hydrazone groups is 1. The Kier molecular flexibility index (Phi) is 4.68. The van der Waals surface area contributed by atoms with Gasteiger partial charge in [-0.15, -0.1) is 11.3 Å². The van der Waals surface area contributed by atoms with E-state index < -0.39 is 0 Å². The smallest absolute Gasteiger partial charge is 0.245 e. The van der Waals surface area contributed by atoms with Crippen LogP contribution in [0.5, 0.6) is 0 Å². The Morgan fingerprint density at radius 3 is 2.82 bits per heavy atom. The lowest BCUT2D eigenvalue weighted by molar-refractivity contribution is -0.120. The van der Waals surface area contributed by atoms with Crippen LogP contribution in [-0.2, 0) is 24.1 Å². The molecule has 1 amide bonds. The Bertz CT molecular complexity index is 689. The van der Waals surface area contributed by atoms with Crippen LogP contribution in [0.1, 0.15) is 41.3 Å². The monoisotopic (exact) mass is 312 g/mol. The van der Waals surface area contributed by atoms with Gasteiger partial charge in [-0.3, -0.25) is 4.79 Å². The minimum atomic E-state index is -0.0697. The minimum Gasteiger partial charge on any atom is -0.273 e. The number of nitrogens with one attached hydrogen (secondary N) is 1. The predicted molar refractivity (Wildman–Crippen MR) is 91.5 cm³/mol. The zero-order valence-corrected chi connectivity index (χ0v) is 13.6. The molecule has 1 aromatic heterocycles. The molecule has 0 atom stereocenters. The predicted octanol–water partition coefficient (Wildman–Crippen LogP) is 3.71. The lowest BCUT2D eigenvalue weighted by Crippen LogP contribution is -2.21. The molecule has 0 fully saturated rings. The summed E-state index contributed by atoms with van der Waals surface area (Å²) in [6.07, 6.45) is 5.28. The highest BCUT2D eigenvalue weighted by atomic mass is 32.1. The topological polar surface area (TPSA) is 41.5 Å². The van der Waals surface area contributed by atoms with Gasteiger partial charge >= 0.3 is 0 Å². The van der Waals surface area contributed by atoms with E-state index in [0.29, 0.717) is 6.42 Å². The minimum absolute atomic E-state index is 0.0697. The van der Waals surface area contributed by atoms with Gasteiger partial charge in [0.2, 0.25) is 5.91 Å². The van der Waals surface area contributed by atoms with E-state index >= 15 is 0 Å². The molecule has 4 heteroatoms. The van der Waals surface area contributed by atoms with E-state index in [1.807, 2.05) is 24.4 Å². The van der Waals surface area contributed by atoms with E-state index in [-0.39, 0.29) is 5.91 Å². The van der Waals surface area contributed by atoms with Gasteiger partial charge in [-0.1, -0.05) is 18.2 Å². The number of carbonyl (C=O) groups is 1. The number of hydrogen-bond acceptors (Lipinski definition) is 3. The summed E-state index contributed by atoms with van der Waals surface area (Å²) in [6, 6.07) is 10.4. The van der Waals surface area contributed by atoms with Gasteiger partial charge in [0.05, 0.1) is 12.1 Å². The van der Waals surface area contributed by atoms with Crippen LogP contribution < -0.4 is 5.43 Å². The number of carbonyl (C=O) groups excluding carboxylic acids is 1. The molecular weight excluding hydrogens is 292 g/mol. The quantitative estimate of drug-likeness (QED) is 0.678. The van der Waals surface area contributed by atoms with E-state index in [1.165, 1.54) is 30.4 Å².